The molecule has 0 unspecified atom stereocenters. The highest BCUT2D eigenvalue weighted by Gasteiger charge is 2.26. The van der Waals surface area contributed by atoms with Gasteiger partial charge in [0.05, 0.1) is 12.0 Å². The van der Waals surface area contributed by atoms with Crippen LogP contribution in [0.25, 0.3) is 0 Å². The van der Waals surface area contributed by atoms with Gasteiger partial charge in [0.2, 0.25) is 0 Å². The Labute approximate surface area is 95.5 Å². The second-order valence-electron chi connectivity index (χ2n) is 3.90. The van der Waals surface area contributed by atoms with Gasteiger partial charge in [0.25, 0.3) is 0 Å². The van der Waals surface area contributed by atoms with Gasteiger partial charge in [0.15, 0.2) is 0 Å². The average Bonchev–Trinajstić information content (AvgIpc) is 2.24. The summed E-state index contributed by atoms with van der Waals surface area (Å²) in [4.78, 5) is 22.3. The van der Waals surface area contributed by atoms with Gasteiger partial charge < -0.3 is 14.8 Å². The van der Waals surface area contributed by atoms with E-state index in [0.717, 1.165) is 0 Å². The second kappa shape index (κ2) is 7.05. The third kappa shape index (κ3) is 5.55. The minimum Gasteiger partial charge on any atom is -0.463 e. The Kier molecular flexibility index (Phi) is 6.48. The van der Waals surface area contributed by atoms with E-state index < -0.39 is 11.5 Å². The van der Waals surface area contributed by atoms with Crippen molar-refractivity contribution in [3.63, 3.8) is 0 Å². The molecule has 0 aromatic carbocycles. The highest BCUT2D eigenvalue weighted by atomic mass is 16.6. The van der Waals surface area contributed by atoms with Crippen LogP contribution in [0.1, 0.15) is 27.2 Å². The van der Waals surface area contributed by atoms with Crippen LogP contribution < -0.4 is 11.1 Å². The van der Waals surface area contributed by atoms with Crippen molar-refractivity contribution < 1.29 is 19.1 Å². The number of hydrogen-bond donors (Lipinski definition) is 2. The summed E-state index contributed by atoms with van der Waals surface area (Å²) in [5.41, 5.74) is 4.50. The van der Waals surface area contributed by atoms with E-state index in [9.17, 15) is 9.59 Å². The maximum absolute atomic E-state index is 11.5. The Morgan fingerprint density at radius 2 is 1.94 bits per heavy atom. The van der Waals surface area contributed by atoms with Crippen LogP contribution in [0.15, 0.2) is 0 Å². The van der Waals surface area contributed by atoms with Crippen molar-refractivity contribution in [1.29, 1.82) is 0 Å². The number of carbonyl (C=O) groups excluding carboxylic acids is 2. The average molecular weight is 232 g/mol. The molecule has 0 saturated heterocycles. The van der Waals surface area contributed by atoms with Gasteiger partial charge in [-0.1, -0.05) is 6.92 Å². The zero-order valence-corrected chi connectivity index (χ0v) is 10.0. The molecule has 6 heteroatoms. The molecule has 3 N–H and O–H groups in total. The smallest absolute Gasteiger partial charge is 0.408 e. The molecule has 0 bridgehead atoms. The zero-order valence-electron chi connectivity index (χ0n) is 10.0. The van der Waals surface area contributed by atoms with Crippen LogP contribution >= 0.6 is 0 Å². The van der Waals surface area contributed by atoms with Crippen LogP contribution in [-0.2, 0) is 14.3 Å². The second-order valence-corrected chi connectivity index (χ2v) is 3.90. The van der Waals surface area contributed by atoms with Crippen molar-refractivity contribution in [1.82, 2.24) is 5.32 Å². The van der Waals surface area contributed by atoms with Gasteiger partial charge in [-0.05, 0) is 20.3 Å². The summed E-state index contributed by atoms with van der Waals surface area (Å²) in [5, 5.41) is 2.39. The van der Waals surface area contributed by atoms with E-state index in [-0.39, 0.29) is 25.9 Å². The molecule has 0 rings (SSSR count). The molecule has 0 aliphatic heterocycles. The largest absolute Gasteiger partial charge is 0.463 e. The van der Waals surface area contributed by atoms with Crippen molar-refractivity contribution in [3.05, 3.63) is 0 Å². The van der Waals surface area contributed by atoms with E-state index in [4.69, 9.17) is 10.5 Å². The Hall–Kier alpha value is -1.30. The summed E-state index contributed by atoms with van der Waals surface area (Å²) in [6.45, 7) is 5.70. The number of carbonyl (C=O) groups is 2. The van der Waals surface area contributed by atoms with Gasteiger partial charge in [-0.3, -0.25) is 10.5 Å². The molecule has 0 aliphatic carbocycles. The molecule has 0 fully saturated rings. The first-order valence-corrected chi connectivity index (χ1v) is 5.22. The minimum absolute atomic E-state index is 0.127. The summed E-state index contributed by atoms with van der Waals surface area (Å²) >= 11 is 0. The van der Waals surface area contributed by atoms with Crippen molar-refractivity contribution in [2.45, 2.75) is 27.2 Å². The molecule has 16 heavy (non-hydrogen) atoms. The zero-order chi connectivity index (χ0) is 12.6. The molecule has 6 nitrogen and oxygen atoms in total. The molecule has 0 saturated carbocycles. The fourth-order valence-corrected chi connectivity index (χ4v) is 0.763. The van der Waals surface area contributed by atoms with E-state index >= 15 is 0 Å². The van der Waals surface area contributed by atoms with Crippen LogP contribution in [-0.4, -0.2) is 31.9 Å². The normalized spacial score (nSPS) is 10.8. The first-order valence-electron chi connectivity index (χ1n) is 5.22. The van der Waals surface area contributed by atoms with Gasteiger partial charge in [-0.25, -0.2) is 4.79 Å². The van der Waals surface area contributed by atoms with Gasteiger partial charge in [-0.2, -0.15) is 0 Å². The van der Waals surface area contributed by atoms with E-state index in [1.165, 1.54) is 0 Å². The lowest BCUT2D eigenvalue weighted by Gasteiger charge is -2.20. The lowest BCUT2D eigenvalue weighted by atomic mass is 9.91. The van der Waals surface area contributed by atoms with Crippen LogP contribution in [0.5, 0.6) is 0 Å². The molecular formula is C10H20N2O4. The monoisotopic (exact) mass is 232 g/mol. The number of alkyl carbamates (subject to hydrolysis) is 1. The molecule has 0 aromatic heterocycles. The van der Waals surface area contributed by atoms with Crippen LogP contribution in [0, 0.1) is 5.41 Å². The van der Waals surface area contributed by atoms with Gasteiger partial charge in [0, 0.05) is 0 Å². The molecular weight excluding hydrogens is 212 g/mol. The van der Waals surface area contributed by atoms with Crippen molar-refractivity contribution in [2.75, 3.05) is 19.9 Å². The van der Waals surface area contributed by atoms with E-state index in [1.54, 1.807) is 0 Å². The van der Waals surface area contributed by atoms with Gasteiger partial charge in [0.1, 0.15) is 13.3 Å². The SMILES string of the molecule is CCC(C)(C)C(=O)OCCNC(=O)OCN. The van der Waals surface area contributed by atoms with E-state index in [2.05, 4.69) is 10.1 Å². The summed E-state index contributed by atoms with van der Waals surface area (Å²) in [6, 6.07) is 0. The number of hydrogen-bond acceptors (Lipinski definition) is 5. The van der Waals surface area contributed by atoms with Crippen molar-refractivity contribution in [2.24, 2.45) is 11.1 Å². The first kappa shape index (κ1) is 14.7. The van der Waals surface area contributed by atoms with Gasteiger partial charge >= 0.3 is 12.1 Å². The molecule has 0 radical (unpaired) electrons. The van der Waals surface area contributed by atoms with E-state index in [1.807, 2.05) is 20.8 Å². The highest BCUT2D eigenvalue weighted by molar-refractivity contribution is 5.75. The summed E-state index contributed by atoms with van der Waals surface area (Å²) in [7, 11) is 0. The Morgan fingerprint density at radius 3 is 2.44 bits per heavy atom. The van der Waals surface area contributed by atoms with Crippen molar-refractivity contribution >= 4 is 12.1 Å². The maximum Gasteiger partial charge on any atom is 0.408 e. The first-order chi connectivity index (χ1) is 7.44. The molecule has 0 aliphatic rings. The third-order valence-corrected chi connectivity index (χ3v) is 2.26. The molecule has 94 valence electrons. The highest BCUT2D eigenvalue weighted by Crippen LogP contribution is 2.21. The minimum atomic E-state index is -0.617. The summed E-state index contributed by atoms with van der Waals surface area (Å²) < 4.78 is 9.41. The fraction of sp³-hybridized carbons (Fsp3) is 0.800. The topological polar surface area (TPSA) is 90.6 Å². The number of esters is 1. The lowest BCUT2D eigenvalue weighted by molar-refractivity contribution is -0.153. The quantitative estimate of drug-likeness (QED) is 0.398. The number of ether oxygens (including phenoxy) is 2. The molecule has 0 spiro atoms. The Bertz CT molecular complexity index is 241. The van der Waals surface area contributed by atoms with Gasteiger partial charge in [-0.15, -0.1) is 0 Å². The number of nitrogens with two attached hydrogens (primary N) is 1. The van der Waals surface area contributed by atoms with E-state index in [0.29, 0.717) is 6.42 Å². The summed E-state index contributed by atoms with van der Waals surface area (Å²) in [6.07, 6.45) is 0.0855. The molecule has 0 atom stereocenters. The lowest BCUT2D eigenvalue weighted by Crippen LogP contribution is -2.32. The number of rotatable bonds is 6. The maximum atomic E-state index is 11.5. The predicted molar refractivity (Wildman–Crippen MR) is 58.6 cm³/mol. The molecule has 0 heterocycles. The van der Waals surface area contributed by atoms with Crippen LogP contribution in [0.4, 0.5) is 4.79 Å². The third-order valence-electron chi connectivity index (χ3n) is 2.26. The Balaban J connectivity index is 3.67. The fourth-order valence-electron chi connectivity index (χ4n) is 0.763. The molecule has 0 aromatic rings. The van der Waals surface area contributed by atoms with Crippen molar-refractivity contribution in [3.8, 4) is 0 Å². The Morgan fingerprint density at radius 1 is 1.31 bits per heavy atom. The standard InChI is InChI=1S/C10H20N2O4/c1-4-10(2,3)8(13)15-6-5-12-9(14)16-7-11/h4-7,11H2,1-3H3,(H,12,14). The number of nitrogens with one attached hydrogen (secondary N) is 1. The molecule has 1 amide bonds. The summed E-state index contributed by atoms with van der Waals surface area (Å²) in [5.74, 6) is -0.274. The predicted octanol–water partition coefficient (Wildman–Crippen LogP) is 0.608. The number of amides is 1. The van der Waals surface area contributed by atoms with Crippen LogP contribution in [0.3, 0.4) is 0 Å². The van der Waals surface area contributed by atoms with Crippen LogP contribution in [0.2, 0.25) is 0 Å².